The van der Waals surface area contributed by atoms with Crippen LogP contribution in [0.1, 0.15) is 26.3 Å². The van der Waals surface area contributed by atoms with Crippen LogP contribution in [0.4, 0.5) is 13.2 Å². The maximum atomic E-state index is 12.3. The van der Waals surface area contributed by atoms with Crippen molar-refractivity contribution in [3.8, 4) is 5.75 Å². The second kappa shape index (κ2) is 3.76. The molecule has 83 valence electrons. The third kappa shape index (κ3) is 3.81. The molecule has 0 aliphatic rings. The van der Waals surface area contributed by atoms with E-state index in [0.717, 1.165) is 6.07 Å². The zero-order valence-corrected chi connectivity index (χ0v) is 8.77. The molecule has 1 rings (SSSR count). The van der Waals surface area contributed by atoms with Gasteiger partial charge in [-0.25, -0.2) is 0 Å². The molecule has 0 amide bonds. The monoisotopic (exact) mass is 217 g/mol. The summed E-state index contributed by atoms with van der Waals surface area (Å²) in [6.45, 7) is 5.32. The first kappa shape index (κ1) is 11.9. The number of hydrogen-bond donors (Lipinski definition) is 0. The quantitative estimate of drug-likeness (QED) is 0.697. The highest BCUT2D eigenvalue weighted by Crippen LogP contribution is 2.31. The van der Waals surface area contributed by atoms with Crippen molar-refractivity contribution < 1.29 is 17.9 Å². The van der Waals surface area contributed by atoms with E-state index in [1.165, 1.54) is 12.1 Å². The fourth-order valence-corrected chi connectivity index (χ4v) is 1.03. The zero-order valence-electron chi connectivity index (χ0n) is 8.77. The largest absolute Gasteiger partial charge is 0.488 e. The number of alkyl halides is 3. The molecule has 1 aromatic rings. The van der Waals surface area contributed by atoms with Gasteiger partial charge < -0.3 is 4.74 Å². The molecule has 0 N–H and O–H groups in total. The number of rotatable bonds is 1. The Balaban J connectivity index is 2.94. The maximum absolute atomic E-state index is 12.3. The molecule has 0 aliphatic heterocycles. The predicted molar refractivity (Wildman–Crippen MR) is 50.7 cm³/mol. The molecule has 1 nitrogen and oxygen atoms in total. The molecule has 0 aromatic heterocycles. The lowest BCUT2D eigenvalue weighted by Gasteiger charge is -2.21. The molecule has 0 bridgehead atoms. The number of hydrogen-bond acceptors (Lipinski definition) is 1. The van der Waals surface area contributed by atoms with E-state index in [0.29, 0.717) is 0 Å². The second-order valence-corrected chi connectivity index (χ2v) is 4.15. The molecule has 1 radical (unpaired) electrons. The van der Waals surface area contributed by atoms with E-state index in [9.17, 15) is 13.2 Å². The first-order chi connectivity index (χ1) is 6.68. The molecule has 0 atom stereocenters. The molecule has 0 heterocycles. The lowest BCUT2D eigenvalue weighted by molar-refractivity contribution is -0.138. The van der Waals surface area contributed by atoms with Crippen LogP contribution >= 0.6 is 0 Å². The summed E-state index contributed by atoms with van der Waals surface area (Å²) >= 11 is 0. The van der Waals surface area contributed by atoms with Crippen LogP contribution in [0.15, 0.2) is 18.2 Å². The number of benzene rings is 1. The summed E-state index contributed by atoms with van der Waals surface area (Å²) in [5, 5.41) is 0. The summed E-state index contributed by atoms with van der Waals surface area (Å²) in [7, 11) is 0. The van der Waals surface area contributed by atoms with Crippen LogP contribution in [0.3, 0.4) is 0 Å². The van der Waals surface area contributed by atoms with Crippen LogP contribution in [0.5, 0.6) is 5.75 Å². The first-order valence-electron chi connectivity index (χ1n) is 4.46. The third-order valence-electron chi connectivity index (χ3n) is 1.50. The average Bonchev–Trinajstić information content (AvgIpc) is 1.99. The van der Waals surface area contributed by atoms with Gasteiger partial charge in [-0.3, -0.25) is 0 Å². The molecule has 0 saturated carbocycles. The maximum Gasteiger partial charge on any atom is 0.417 e. The van der Waals surface area contributed by atoms with Gasteiger partial charge in [0.15, 0.2) is 0 Å². The van der Waals surface area contributed by atoms with Crippen LogP contribution in [0.2, 0.25) is 0 Å². The van der Waals surface area contributed by atoms with E-state index >= 15 is 0 Å². The van der Waals surface area contributed by atoms with Crippen LogP contribution in [0, 0.1) is 6.07 Å². The lowest BCUT2D eigenvalue weighted by Crippen LogP contribution is -2.23. The number of halogens is 3. The molecule has 15 heavy (non-hydrogen) atoms. The van der Waals surface area contributed by atoms with Crippen molar-refractivity contribution in [1.29, 1.82) is 0 Å². The van der Waals surface area contributed by atoms with Crippen molar-refractivity contribution in [3.63, 3.8) is 0 Å². The van der Waals surface area contributed by atoms with Crippen LogP contribution < -0.4 is 4.74 Å². The van der Waals surface area contributed by atoms with E-state index in [-0.39, 0.29) is 5.75 Å². The van der Waals surface area contributed by atoms with E-state index in [4.69, 9.17) is 4.74 Å². The SMILES string of the molecule is CC(C)(C)Oc1cc[c]c(C(F)(F)F)c1. The van der Waals surface area contributed by atoms with E-state index in [1.807, 2.05) is 0 Å². The highest BCUT2D eigenvalue weighted by atomic mass is 19.4. The Morgan fingerprint density at radius 3 is 2.27 bits per heavy atom. The van der Waals surface area contributed by atoms with Gasteiger partial charge in [0.1, 0.15) is 11.4 Å². The van der Waals surface area contributed by atoms with Gasteiger partial charge in [-0.05, 0) is 39.0 Å². The van der Waals surface area contributed by atoms with Crippen molar-refractivity contribution in [1.82, 2.24) is 0 Å². The minimum atomic E-state index is -4.38. The molecule has 0 aliphatic carbocycles. The third-order valence-corrected chi connectivity index (χ3v) is 1.50. The lowest BCUT2D eigenvalue weighted by atomic mass is 10.1. The summed E-state index contributed by atoms with van der Waals surface area (Å²) in [4.78, 5) is 0. The molecule has 1 aromatic carbocycles. The first-order valence-corrected chi connectivity index (χ1v) is 4.46. The Morgan fingerprint density at radius 1 is 1.20 bits per heavy atom. The molecule has 0 spiro atoms. The highest BCUT2D eigenvalue weighted by Gasteiger charge is 2.31. The standard InChI is InChI=1S/C11H12F3O/c1-10(2,3)15-9-6-4-5-8(7-9)11(12,13)14/h4,6-7H,1-3H3. The Labute approximate surface area is 86.9 Å². The van der Waals surface area contributed by atoms with Gasteiger partial charge in [0, 0.05) is 0 Å². The summed E-state index contributed by atoms with van der Waals surface area (Å²) in [6, 6.07) is 5.75. The fraction of sp³-hybridized carbons (Fsp3) is 0.455. The van der Waals surface area contributed by atoms with Crippen molar-refractivity contribution in [2.45, 2.75) is 32.5 Å². The van der Waals surface area contributed by atoms with Gasteiger partial charge in [-0.1, -0.05) is 6.07 Å². The van der Waals surface area contributed by atoms with Crippen molar-refractivity contribution >= 4 is 0 Å². The smallest absolute Gasteiger partial charge is 0.417 e. The Kier molecular flexibility index (Phi) is 2.98. The Bertz CT molecular complexity index is 336. The van der Waals surface area contributed by atoms with Gasteiger partial charge in [0.2, 0.25) is 0 Å². The number of ether oxygens (including phenoxy) is 1. The topological polar surface area (TPSA) is 9.23 Å². The molecular formula is C11H12F3O. The van der Waals surface area contributed by atoms with Crippen molar-refractivity contribution in [2.24, 2.45) is 0 Å². The zero-order chi connectivity index (χ0) is 11.7. The van der Waals surface area contributed by atoms with E-state index < -0.39 is 17.3 Å². The normalized spacial score (nSPS) is 12.7. The predicted octanol–water partition coefficient (Wildman–Crippen LogP) is 3.68. The highest BCUT2D eigenvalue weighted by molar-refractivity contribution is 5.29. The van der Waals surface area contributed by atoms with Crippen LogP contribution in [-0.4, -0.2) is 5.60 Å². The summed E-state index contributed by atoms with van der Waals surface area (Å²) < 4.78 is 42.3. The van der Waals surface area contributed by atoms with Gasteiger partial charge in [0.25, 0.3) is 0 Å². The van der Waals surface area contributed by atoms with Crippen molar-refractivity contribution in [2.75, 3.05) is 0 Å². The average molecular weight is 217 g/mol. The Morgan fingerprint density at radius 2 is 1.80 bits per heavy atom. The van der Waals surface area contributed by atoms with E-state index in [2.05, 4.69) is 6.07 Å². The molecule has 0 unspecified atom stereocenters. The molecule has 0 fully saturated rings. The summed E-state index contributed by atoms with van der Waals surface area (Å²) in [5.41, 5.74) is -1.33. The molecule has 0 saturated heterocycles. The molecular weight excluding hydrogens is 205 g/mol. The fourth-order valence-electron chi connectivity index (χ4n) is 1.03. The minimum absolute atomic E-state index is 0.202. The second-order valence-electron chi connectivity index (χ2n) is 4.15. The van der Waals surface area contributed by atoms with Crippen molar-refractivity contribution in [3.05, 3.63) is 29.8 Å². The van der Waals surface area contributed by atoms with Gasteiger partial charge in [-0.15, -0.1) is 0 Å². The van der Waals surface area contributed by atoms with Crippen LogP contribution in [-0.2, 0) is 6.18 Å². The minimum Gasteiger partial charge on any atom is -0.488 e. The summed E-state index contributed by atoms with van der Waals surface area (Å²) in [5.74, 6) is 0.202. The Hall–Kier alpha value is -1.19. The van der Waals surface area contributed by atoms with Crippen LogP contribution in [0.25, 0.3) is 0 Å². The van der Waals surface area contributed by atoms with Gasteiger partial charge in [-0.2, -0.15) is 13.2 Å². The van der Waals surface area contributed by atoms with Gasteiger partial charge >= 0.3 is 6.18 Å². The summed E-state index contributed by atoms with van der Waals surface area (Å²) in [6.07, 6.45) is -4.38. The van der Waals surface area contributed by atoms with E-state index in [1.54, 1.807) is 20.8 Å². The molecule has 4 heteroatoms. The van der Waals surface area contributed by atoms with Gasteiger partial charge in [0.05, 0.1) is 5.56 Å².